The lowest BCUT2D eigenvalue weighted by Crippen LogP contribution is -2.22. The molecule has 0 aromatic heterocycles. The molecule has 2 saturated carbocycles. The second-order valence-corrected chi connectivity index (χ2v) is 6.38. The summed E-state index contributed by atoms with van der Waals surface area (Å²) in [4.78, 5) is 12.3. The lowest BCUT2D eigenvalue weighted by molar-refractivity contribution is -0.122. The fraction of sp³-hybridized carbons (Fsp3) is 0.556. The first-order chi connectivity index (χ1) is 10.3. The first kappa shape index (κ1) is 14.3. The van der Waals surface area contributed by atoms with Gasteiger partial charge in [0.1, 0.15) is 0 Å². The van der Waals surface area contributed by atoms with Crippen LogP contribution in [0.25, 0.3) is 0 Å². The summed E-state index contributed by atoms with van der Waals surface area (Å²) in [6, 6.07) is 9.97. The number of benzene rings is 1. The highest BCUT2D eigenvalue weighted by Gasteiger charge is 2.53. The molecule has 0 heterocycles. The Balaban J connectivity index is 1.57. The van der Waals surface area contributed by atoms with Crippen molar-refractivity contribution < 1.29 is 4.79 Å². The number of hydrazone groups is 1. The van der Waals surface area contributed by atoms with Gasteiger partial charge < -0.3 is 0 Å². The predicted octanol–water partition coefficient (Wildman–Crippen LogP) is 3.74. The lowest BCUT2D eigenvalue weighted by Gasteiger charge is -2.04. The van der Waals surface area contributed by atoms with Crippen LogP contribution in [-0.4, -0.2) is 11.6 Å². The molecular weight excluding hydrogens is 260 g/mol. The molecule has 2 aliphatic rings. The van der Waals surface area contributed by atoms with Crippen LogP contribution < -0.4 is 5.43 Å². The SMILES string of the molecule is CC(=NNC(=O)C1[C@H]2CCCCCC[C@H]12)c1ccccc1. The van der Waals surface area contributed by atoms with Crippen molar-refractivity contribution in [3.05, 3.63) is 35.9 Å². The Morgan fingerprint density at radius 3 is 2.29 bits per heavy atom. The first-order valence-electron chi connectivity index (χ1n) is 8.17. The Bertz CT molecular complexity index is 509. The van der Waals surface area contributed by atoms with E-state index in [2.05, 4.69) is 10.5 Å². The fourth-order valence-corrected chi connectivity index (χ4v) is 3.69. The van der Waals surface area contributed by atoms with Gasteiger partial charge >= 0.3 is 0 Å². The topological polar surface area (TPSA) is 41.5 Å². The van der Waals surface area contributed by atoms with E-state index in [1.807, 2.05) is 37.3 Å². The largest absolute Gasteiger partial charge is 0.273 e. The zero-order valence-corrected chi connectivity index (χ0v) is 12.7. The zero-order valence-electron chi connectivity index (χ0n) is 12.7. The summed E-state index contributed by atoms with van der Waals surface area (Å²) in [5.74, 6) is 1.59. The summed E-state index contributed by atoms with van der Waals surface area (Å²) in [6.45, 7) is 1.94. The molecule has 0 spiro atoms. The van der Waals surface area contributed by atoms with Crippen LogP contribution in [0.4, 0.5) is 0 Å². The van der Waals surface area contributed by atoms with Gasteiger partial charge in [-0.25, -0.2) is 5.43 Å². The predicted molar refractivity (Wildman–Crippen MR) is 85.0 cm³/mol. The molecule has 1 aromatic rings. The van der Waals surface area contributed by atoms with Gasteiger partial charge in [0.2, 0.25) is 5.91 Å². The minimum absolute atomic E-state index is 0.127. The molecule has 2 atom stereocenters. The quantitative estimate of drug-likeness (QED) is 0.666. The van der Waals surface area contributed by atoms with Gasteiger partial charge in [-0.05, 0) is 37.2 Å². The van der Waals surface area contributed by atoms with E-state index in [4.69, 9.17) is 0 Å². The maximum Gasteiger partial charge on any atom is 0.243 e. The van der Waals surface area contributed by atoms with Crippen LogP contribution in [0.2, 0.25) is 0 Å². The molecule has 0 bridgehead atoms. The molecule has 0 radical (unpaired) electrons. The number of carbonyl (C=O) groups excluding carboxylic acids is 1. The normalized spacial score (nSPS) is 29.0. The number of nitrogens with zero attached hydrogens (tertiary/aromatic N) is 1. The Morgan fingerprint density at radius 2 is 1.67 bits per heavy atom. The van der Waals surface area contributed by atoms with Gasteiger partial charge in [0.15, 0.2) is 0 Å². The van der Waals surface area contributed by atoms with Crippen LogP contribution in [0.15, 0.2) is 35.4 Å². The van der Waals surface area contributed by atoms with Crippen molar-refractivity contribution in [3.63, 3.8) is 0 Å². The third-order valence-electron chi connectivity index (χ3n) is 4.98. The van der Waals surface area contributed by atoms with Crippen molar-refractivity contribution >= 4 is 11.6 Å². The third-order valence-corrected chi connectivity index (χ3v) is 4.98. The molecule has 0 saturated heterocycles. The molecule has 3 nitrogen and oxygen atoms in total. The van der Waals surface area contributed by atoms with Gasteiger partial charge in [0, 0.05) is 5.92 Å². The highest BCUT2D eigenvalue weighted by atomic mass is 16.2. The van der Waals surface area contributed by atoms with Gasteiger partial charge in [-0.1, -0.05) is 56.0 Å². The fourth-order valence-electron chi connectivity index (χ4n) is 3.69. The molecular formula is C18H24N2O. The molecule has 3 heteroatoms. The second-order valence-electron chi connectivity index (χ2n) is 6.38. The number of amides is 1. The molecule has 1 aromatic carbocycles. The number of carbonyl (C=O) groups is 1. The summed E-state index contributed by atoms with van der Waals surface area (Å²) in [7, 11) is 0. The van der Waals surface area contributed by atoms with Crippen LogP contribution >= 0.6 is 0 Å². The van der Waals surface area contributed by atoms with E-state index in [1.165, 1.54) is 38.5 Å². The van der Waals surface area contributed by atoms with Crippen LogP contribution in [0, 0.1) is 17.8 Å². The number of rotatable bonds is 3. The third kappa shape index (κ3) is 3.34. The van der Waals surface area contributed by atoms with Crippen LogP contribution in [0.3, 0.4) is 0 Å². The molecule has 0 unspecified atom stereocenters. The van der Waals surface area contributed by atoms with Crippen molar-refractivity contribution in [1.82, 2.24) is 5.43 Å². The standard InChI is InChI=1S/C18H24N2O/c1-13(14-9-5-4-6-10-14)19-20-18(21)17-15-11-7-2-3-8-12-16(15)17/h4-6,9-10,15-17H,2-3,7-8,11-12H2,1H3,(H,20,21)/t15-,16-/m0/s1. The summed E-state index contributed by atoms with van der Waals surface area (Å²) < 4.78 is 0. The molecule has 2 aliphatic carbocycles. The first-order valence-corrected chi connectivity index (χ1v) is 8.17. The molecule has 1 N–H and O–H groups in total. The summed E-state index contributed by atoms with van der Waals surface area (Å²) in [5, 5.41) is 4.28. The van der Waals surface area contributed by atoms with E-state index < -0.39 is 0 Å². The smallest absolute Gasteiger partial charge is 0.243 e. The second kappa shape index (κ2) is 6.42. The molecule has 21 heavy (non-hydrogen) atoms. The maximum atomic E-state index is 12.3. The number of hydrogen-bond acceptors (Lipinski definition) is 2. The Labute approximate surface area is 126 Å². The van der Waals surface area contributed by atoms with E-state index in [1.54, 1.807) is 0 Å². The van der Waals surface area contributed by atoms with Gasteiger partial charge in [-0.2, -0.15) is 5.10 Å². The van der Waals surface area contributed by atoms with E-state index in [-0.39, 0.29) is 11.8 Å². The number of hydrogen-bond donors (Lipinski definition) is 1. The van der Waals surface area contributed by atoms with Crippen molar-refractivity contribution in [2.75, 3.05) is 0 Å². The van der Waals surface area contributed by atoms with E-state index in [0.717, 1.165) is 11.3 Å². The molecule has 0 aliphatic heterocycles. The van der Waals surface area contributed by atoms with E-state index in [9.17, 15) is 4.79 Å². The Kier molecular flexibility index (Phi) is 4.37. The summed E-state index contributed by atoms with van der Waals surface area (Å²) in [6.07, 6.45) is 7.70. The van der Waals surface area contributed by atoms with Crippen LogP contribution in [0.5, 0.6) is 0 Å². The summed E-state index contributed by atoms with van der Waals surface area (Å²) in [5.41, 5.74) is 4.71. The van der Waals surface area contributed by atoms with Gasteiger partial charge in [0.05, 0.1) is 5.71 Å². The van der Waals surface area contributed by atoms with Crippen LogP contribution in [0.1, 0.15) is 51.0 Å². The van der Waals surface area contributed by atoms with Crippen molar-refractivity contribution in [2.24, 2.45) is 22.9 Å². The van der Waals surface area contributed by atoms with Crippen LogP contribution in [-0.2, 0) is 4.79 Å². The number of fused-ring (bicyclic) bond motifs is 1. The average molecular weight is 284 g/mol. The average Bonchev–Trinajstić information content (AvgIpc) is 3.16. The molecule has 112 valence electrons. The van der Waals surface area contributed by atoms with Gasteiger partial charge in [0.25, 0.3) is 0 Å². The zero-order chi connectivity index (χ0) is 14.7. The highest BCUT2D eigenvalue weighted by Crippen LogP contribution is 2.53. The molecule has 3 rings (SSSR count). The monoisotopic (exact) mass is 284 g/mol. The van der Waals surface area contributed by atoms with E-state index in [0.29, 0.717) is 11.8 Å². The highest BCUT2D eigenvalue weighted by molar-refractivity contribution is 5.99. The minimum Gasteiger partial charge on any atom is -0.273 e. The molecule has 2 fully saturated rings. The van der Waals surface area contributed by atoms with Crippen molar-refractivity contribution in [3.8, 4) is 0 Å². The Morgan fingerprint density at radius 1 is 1.05 bits per heavy atom. The number of nitrogens with one attached hydrogen (secondary N) is 1. The maximum absolute atomic E-state index is 12.3. The van der Waals surface area contributed by atoms with Gasteiger partial charge in [-0.15, -0.1) is 0 Å². The molecule has 1 amide bonds. The lowest BCUT2D eigenvalue weighted by atomic mass is 10.0. The minimum atomic E-state index is 0.127. The van der Waals surface area contributed by atoms with Gasteiger partial charge in [-0.3, -0.25) is 4.79 Å². The van der Waals surface area contributed by atoms with E-state index >= 15 is 0 Å². The summed E-state index contributed by atoms with van der Waals surface area (Å²) >= 11 is 0. The van der Waals surface area contributed by atoms with Crippen molar-refractivity contribution in [1.29, 1.82) is 0 Å². The Hall–Kier alpha value is -1.64. The van der Waals surface area contributed by atoms with Crippen molar-refractivity contribution in [2.45, 2.75) is 45.4 Å².